The van der Waals surface area contributed by atoms with Crippen LogP contribution in [0.25, 0.3) is 0 Å². The molecule has 2 aromatic rings. The molecular formula is C21H20F3N5O2S. The fourth-order valence-corrected chi connectivity index (χ4v) is 4.54. The highest BCUT2D eigenvalue weighted by atomic mass is 32.2. The van der Waals surface area contributed by atoms with E-state index in [1.54, 1.807) is 0 Å². The average Bonchev–Trinajstić information content (AvgIpc) is 2.73. The van der Waals surface area contributed by atoms with Crippen molar-refractivity contribution in [2.75, 3.05) is 11.9 Å². The molecule has 2 atom stereocenters. The number of rotatable bonds is 6. The molecule has 2 heterocycles. The minimum Gasteiger partial charge on any atom is -0.463 e. The Balaban J connectivity index is 1.85. The van der Waals surface area contributed by atoms with Gasteiger partial charge in [0.25, 0.3) is 12.3 Å². The molecule has 11 heteroatoms. The van der Waals surface area contributed by atoms with Gasteiger partial charge in [0, 0.05) is 11.3 Å². The van der Waals surface area contributed by atoms with Crippen LogP contribution in [0.5, 0.6) is 5.88 Å². The zero-order valence-corrected chi connectivity index (χ0v) is 18.0. The molecule has 0 saturated heterocycles. The van der Waals surface area contributed by atoms with E-state index in [0.717, 1.165) is 17.8 Å². The van der Waals surface area contributed by atoms with Gasteiger partial charge in [0.2, 0.25) is 5.88 Å². The number of alkyl halides is 2. The SMILES string of the molecule is C#CCOc1cnc(C(=O)Nc2ccc(F)c([C@]3(C)C[C@](C)(C(F)F)SC(N)=N3)c2)cn1. The van der Waals surface area contributed by atoms with Gasteiger partial charge in [-0.1, -0.05) is 17.7 Å². The number of carbonyl (C=O) groups excluding carboxylic acids is 1. The number of ether oxygens (including phenoxy) is 1. The first-order valence-corrected chi connectivity index (χ1v) is 10.2. The lowest BCUT2D eigenvalue weighted by molar-refractivity contribution is 0.0893. The Bertz CT molecular complexity index is 1090. The average molecular weight is 463 g/mol. The number of amides is 1. The molecule has 0 bridgehead atoms. The van der Waals surface area contributed by atoms with Crippen molar-refractivity contribution in [1.82, 2.24) is 9.97 Å². The smallest absolute Gasteiger partial charge is 0.275 e. The maximum absolute atomic E-state index is 14.7. The molecule has 0 fully saturated rings. The summed E-state index contributed by atoms with van der Waals surface area (Å²) < 4.78 is 45.6. The maximum Gasteiger partial charge on any atom is 0.275 e. The van der Waals surface area contributed by atoms with E-state index in [2.05, 4.69) is 26.2 Å². The summed E-state index contributed by atoms with van der Waals surface area (Å²) in [4.78, 5) is 24.6. The quantitative estimate of drug-likeness (QED) is 0.635. The van der Waals surface area contributed by atoms with E-state index in [1.807, 2.05) is 0 Å². The summed E-state index contributed by atoms with van der Waals surface area (Å²) in [6.07, 6.45) is 4.69. The van der Waals surface area contributed by atoms with Gasteiger partial charge in [0.1, 0.15) is 11.5 Å². The van der Waals surface area contributed by atoms with Crippen molar-refractivity contribution in [2.45, 2.75) is 37.0 Å². The topological polar surface area (TPSA) is 102 Å². The number of hydrogen-bond donors (Lipinski definition) is 2. The second-order valence-electron chi connectivity index (χ2n) is 7.50. The number of aliphatic imine (C=N–C) groups is 1. The lowest BCUT2D eigenvalue weighted by atomic mass is 9.83. The predicted molar refractivity (Wildman–Crippen MR) is 116 cm³/mol. The Kier molecular flexibility index (Phi) is 6.64. The number of thioether (sulfide) groups is 1. The summed E-state index contributed by atoms with van der Waals surface area (Å²) in [5.74, 6) is 1.18. The number of hydrogen-bond acceptors (Lipinski definition) is 7. The normalized spacial score (nSPS) is 22.7. The zero-order valence-electron chi connectivity index (χ0n) is 17.2. The van der Waals surface area contributed by atoms with Gasteiger partial charge in [-0.25, -0.2) is 23.1 Å². The van der Waals surface area contributed by atoms with Gasteiger partial charge in [-0.05, 0) is 38.5 Å². The number of halogens is 3. The lowest BCUT2D eigenvalue weighted by Gasteiger charge is -2.40. The van der Waals surface area contributed by atoms with Crippen molar-refractivity contribution in [3.05, 3.63) is 47.7 Å². The van der Waals surface area contributed by atoms with Crippen LogP contribution in [0.2, 0.25) is 0 Å². The van der Waals surface area contributed by atoms with Gasteiger partial charge in [0.15, 0.2) is 11.8 Å². The molecule has 0 unspecified atom stereocenters. The van der Waals surface area contributed by atoms with Gasteiger partial charge in [0.05, 0.1) is 22.7 Å². The van der Waals surface area contributed by atoms with Crippen LogP contribution in [0.15, 0.2) is 35.6 Å². The zero-order chi connectivity index (χ0) is 23.5. The Morgan fingerprint density at radius 3 is 2.75 bits per heavy atom. The second-order valence-corrected chi connectivity index (χ2v) is 9.05. The third-order valence-electron chi connectivity index (χ3n) is 4.82. The van der Waals surface area contributed by atoms with Crippen LogP contribution in [0.1, 0.15) is 36.3 Å². The summed E-state index contributed by atoms with van der Waals surface area (Å²) in [6.45, 7) is 2.90. The molecule has 0 aliphatic carbocycles. The van der Waals surface area contributed by atoms with Crippen molar-refractivity contribution in [3.63, 3.8) is 0 Å². The number of terminal acetylenes is 1. The van der Waals surface area contributed by atoms with Crippen LogP contribution >= 0.6 is 11.8 Å². The van der Waals surface area contributed by atoms with E-state index in [0.29, 0.717) is 0 Å². The summed E-state index contributed by atoms with van der Waals surface area (Å²) >= 11 is 0.767. The number of nitrogens with one attached hydrogen (secondary N) is 1. The molecule has 1 aromatic heterocycles. The number of nitrogens with zero attached hydrogens (tertiary/aromatic N) is 3. The molecular weight excluding hydrogens is 443 g/mol. The van der Waals surface area contributed by atoms with Crippen LogP contribution < -0.4 is 15.8 Å². The van der Waals surface area contributed by atoms with Crippen LogP contribution in [0.3, 0.4) is 0 Å². The molecule has 7 nitrogen and oxygen atoms in total. The van der Waals surface area contributed by atoms with Gasteiger partial charge in [-0.2, -0.15) is 0 Å². The van der Waals surface area contributed by atoms with E-state index < -0.39 is 28.4 Å². The van der Waals surface area contributed by atoms with Crippen molar-refractivity contribution >= 4 is 28.5 Å². The van der Waals surface area contributed by atoms with Crippen molar-refractivity contribution < 1.29 is 22.7 Å². The van der Waals surface area contributed by atoms with Gasteiger partial charge < -0.3 is 15.8 Å². The monoisotopic (exact) mass is 463 g/mol. The molecule has 1 amide bonds. The summed E-state index contributed by atoms with van der Waals surface area (Å²) in [6, 6.07) is 3.82. The highest BCUT2D eigenvalue weighted by Gasteiger charge is 2.48. The molecule has 1 aromatic carbocycles. The Morgan fingerprint density at radius 2 is 2.12 bits per heavy atom. The van der Waals surface area contributed by atoms with E-state index in [4.69, 9.17) is 16.9 Å². The summed E-state index contributed by atoms with van der Waals surface area (Å²) in [5.41, 5.74) is 4.70. The summed E-state index contributed by atoms with van der Waals surface area (Å²) in [7, 11) is 0. The predicted octanol–water partition coefficient (Wildman–Crippen LogP) is 3.57. The number of aromatic nitrogens is 2. The molecule has 0 saturated carbocycles. The Morgan fingerprint density at radius 1 is 1.38 bits per heavy atom. The van der Waals surface area contributed by atoms with Crippen molar-refractivity contribution in [3.8, 4) is 18.2 Å². The first kappa shape index (κ1) is 23.4. The van der Waals surface area contributed by atoms with Gasteiger partial charge in [-0.15, -0.1) is 6.42 Å². The number of benzene rings is 1. The lowest BCUT2D eigenvalue weighted by Crippen LogP contribution is -2.44. The molecule has 32 heavy (non-hydrogen) atoms. The number of nitrogens with two attached hydrogens (primary N) is 1. The molecule has 0 spiro atoms. The Labute approximate surface area is 187 Å². The molecule has 168 valence electrons. The standard InChI is InChI=1S/C21H20F3N5O2S/c1-4-7-31-16-10-26-15(9-27-16)17(30)28-12-5-6-14(22)13(8-12)20(2)11-21(3,18(23)24)32-19(25)29-20/h1,5-6,8-10,18H,7,11H2,2-3H3,(H2,25,29)(H,28,30)/t20-,21+/m0/s1. The number of carbonyl (C=O) groups is 1. The Hall–Kier alpha value is -3.26. The van der Waals surface area contributed by atoms with Crippen LogP contribution in [-0.2, 0) is 5.54 Å². The minimum atomic E-state index is -2.70. The second kappa shape index (κ2) is 9.08. The fraction of sp³-hybridized carbons (Fsp3) is 0.333. The molecule has 3 N–H and O–H groups in total. The maximum atomic E-state index is 14.7. The molecule has 0 radical (unpaired) electrons. The first-order valence-electron chi connectivity index (χ1n) is 9.38. The van der Waals surface area contributed by atoms with Crippen molar-refractivity contribution in [2.24, 2.45) is 10.7 Å². The van der Waals surface area contributed by atoms with Crippen LogP contribution in [0.4, 0.5) is 18.9 Å². The van der Waals surface area contributed by atoms with E-state index in [-0.39, 0.29) is 41.0 Å². The molecule has 1 aliphatic heterocycles. The number of anilines is 1. The van der Waals surface area contributed by atoms with Crippen molar-refractivity contribution in [1.29, 1.82) is 0 Å². The molecule has 1 aliphatic rings. The molecule has 3 rings (SSSR count). The largest absolute Gasteiger partial charge is 0.463 e. The van der Waals surface area contributed by atoms with Crippen LogP contribution in [-0.4, -0.2) is 38.8 Å². The third kappa shape index (κ3) is 4.96. The number of amidine groups is 1. The highest BCUT2D eigenvalue weighted by Crippen LogP contribution is 2.48. The first-order chi connectivity index (χ1) is 15.1. The minimum absolute atomic E-state index is 0.00740. The van der Waals surface area contributed by atoms with E-state index in [9.17, 15) is 18.0 Å². The highest BCUT2D eigenvalue weighted by molar-refractivity contribution is 8.15. The van der Waals surface area contributed by atoms with E-state index in [1.165, 1.54) is 38.4 Å². The van der Waals surface area contributed by atoms with Gasteiger partial charge in [-0.3, -0.25) is 9.79 Å². The fourth-order valence-electron chi connectivity index (χ4n) is 3.38. The van der Waals surface area contributed by atoms with Crippen LogP contribution in [0, 0.1) is 18.2 Å². The van der Waals surface area contributed by atoms with Gasteiger partial charge >= 0.3 is 0 Å². The van der Waals surface area contributed by atoms with E-state index >= 15 is 0 Å². The third-order valence-corrected chi connectivity index (χ3v) is 5.91. The summed E-state index contributed by atoms with van der Waals surface area (Å²) in [5, 5.41) is 2.53.